The van der Waals surface area contributed by atoms with Crippen LogP contribution in [-0.2, 0) is 16.1 Å². The summed E-state index contributed by atoms with van der Waals surface area (Å²) in [5.41, 5.74) is 5.67. The lowest BCUT2D eigenvalue weighted by Crippen LogP contribution is -2.28. The van der Waals surface area contributed by atoms with Crippen molar-refractivity contribution in [2.45, 2.75) is 40.2 Å². The fraction of sp³-hybridized carbons (Fsp3) is 0.333. The number of hydrogen-bond acceptors (Lipinski definition) is 6. The Kier molecular flexibility index (Phi) is 8.72. The van der Waals surface area contributed by atoms with E-state index in [1.807, 2.05) is 30.3 Å². The molecule has 156 valence electrons. The third-order valence-corrected chi connectivity index (χ3v) is 5.40. The number of rotatable bonds is 6. The van der Waals surface area contributed by atoms with Crippen molar-refractivity contribution in [3.63, 3.8) is 0 Å². The Morgan fingerprint density at radius 1 is 1.24 bits per heavy atom. The number of halogens is 1. The van der Waals surface area contributed by atoms with Gasteiger partial charge in [0.2, 0.25) is 5.91 Å². The van der Waals surface area contributed by atoms with Gasteiger partial charge in [0.25, 0.3) is 0 Å². The van der Waals surface area contributed by atoms with E-state index in [0.29, 0.717) is 17.0 Å². The topological polar surface area (TPSA) is 85.8 Å². The molecule has 2 heterocycles. The molecule has 0 saturated heterocycles. The molecular formula is C21H25BrN2O4S. The number of esters is 1. The number of nitrogens with zero attached hydrogens (tertiary/aromatic N) is 1. The number of thiophene rings is 1. The number of anilines is 1. The zero-order valence-electron chi connectivity index (χ0n) is 16.7. The predicted octanol–water partition coefficient (Wildman–Crippen LogP) is 5.60. The van der Waals surface area contributed by atoms with E-state index in [9.17, 15) is 9.59 Å². The summed E-state index contributed by atoms with van der Waals surface area (Å²) in [7, 11) is 0. The van der Waals surface area contributed by atoms with Gasteiger partial charge in [-0.25, -0.2) is 0 Å². The summed E-state index contributed by atoms with van der Waals surface area (Å²) in [4.78, 5) is 23.9. The Morgan fingerprint density at radius 3 is 2.59 bits per heavy atom. The second-order valence-electron chi connectivity index (χ2n) is 6.42. The van der Waals surface area contributed by atoms with Crippen LogP contribution in [0, 0.1) is 0 Å². The van der Waals surface area contributed by atoms with Gasteiger partial charge < -0.3 is 19.8 Å². The van der Waals surface area contributed by atoms with Crippen molar-refractivity contribution in [2.24, 2.45) is 0 Å². The van der Waals surface area contributed by atoms with E-state index in [1.54, 1.807) is 17.9 Å². The standard InChI is InChI=1S/C11H16BrNO2.C10H9NO2S/c1-3-4-7-13(9(2)14)8-10-5-6-11(12)15-10;1-6(12)13-8-4-2-3-7-5-9(11)14-10(7)8/h5-6H,3-4,7-8H2,1-2H3;2-5H,11H2,1H3. The largest absolute Gasteiger partial charge is 0.452 e. The van der Waals surface area contributed by atoms with E-state index in [-0.39, 0.29) is 11.9 Å². The maximum Gasteiger partial charge on any atom is 0.308 e. The van der Waals surface area contributed by atoms with Crippen LogP contribution < -0.4 is 10.5 Å². The molecule has 2 N–H and O–H groups in total. The number of nitrogens with two attached hydrogens (primary N) is 1. The van der Waals surface area contributed by atoms with Gasteiger partial charge in [-0.1, -0.05) is 25.5 Å². The minimum Gasteiger partial charge on any atom is -0.452 e. The van der Waals surface area contributed by atoms with Gasteiger partial charge in [-0.05, 0) is 52.0 Å². The minimum absolute atomic E-state index is 0.0935. The first-order chi connectivity index (χ1) is 13.8. The Hall–Kier alpha value is -2.32. The van der Waals surface area contributed by atoms with Gasteiger partial charge in [-0.15, -0.1) is 11.3 Å². The van der Waals surface area contributed by atoms with E-state index >= 15 is 0 Å². The number of benzene rings is 1. The third-order valence-electron chi connectivity index (χ3n) is 3.98. The molecule has 3 rings (SSSR count). The monoisotopic (exact) mass is 480 g/mol. The van der Waals surface area contributed by atoms with Crippen molar-refractivity contribution < 1.29 is 18.7 Å². The lowest BCUT2D eigenvalue weighted by atomic mass is 10.2. The minimum atomic E-state index is -0.315. The van der Waals surface area contributed by atoms with Gasteiger partial charge in [0, 0.05) is 20.4 Å². The Balaban J connectivity index is 0.000000207. The van der Waals surface area contributed by atoms with E-state index < -0.39 is 0 Å². The molecule has 1 amide bonds. The average Bonchev–Trinajstić information content (AvgIpc) is 3.23. The first-order valence-corrected chi connectivity index (χ1v) is 10.9. The molecule has 0 unspecified atom stereocenters. The Morgan fingerprint density at radius 2 is 2.00 bits per heavy atom. The van der Waals surface area contributed by atoms with Crippen molar-refractivity contribution in [3.05, 3.63) is 46.8 Å². The van der Waals surface area contributed by atoms with E-state index in [4.69, 9.17) is 14.9 Å². The Bertz CT molecular complexity index is 967. The highest BCUT2D eigenvalue weighted by atomic mass is 79.9. The molecule has 29 heavy (non-hydrogen) atoms. The number of carbonyl (C=O) groups is 2. The molecule has 8 heteroatoms. The van der Waals surface area contributed by atoms with Crippen LogP contribution in [0.25, 0.3) is 10.1 Å². The van der Waals surface area contributed by atoms with Crippen LogP contribution in [0.15, 0.2) is 45.5 Å². The zero-order valence-corrected chi connectivity index (χ0v) is 19.1. The lowest BCUT2D eigenvalue weighted by molar-refractivity contribution is -0.132. The number of furan rings is 1. The van der Waals surface area contributed by atoms with Crippen molar-refractivity contribution in [3.8, 4) is 5.75 Å². The number of amides is 1. The van der Waals surface area contributed by atoms with Crippen molar-refractivity contribution >= 4 is 54.2 Å². The van der Waals surface area contributed by atoms with Crippen LogP contribution in [0.4, 0.5) is 5.00 Å². The Labute approximate surface area is 182 Å². The molecule has 0 fully saturated rings. The molecule has 0 aliphatic rings. The summed E-state index contributed by atoms with van der Waals surface area (Å²) in [6.07, 6.45) is 2.12. The lowest BCUT2D eigenvalue weighted by Gasteiger charge is -2.19. The van der Waals surface area contributed by atoms with E-state index in [2.05, 4.69) is 22.9 Å². The van der Waals surface area contributed by atoms with Crippen LogP contribution in [0.1, 0.15) is 39.4 Å². The van der Waals surface area contributed by atoms with Gasteiger partial charge >= 0.3 is 5.97 Å². The summed E-state index contributed by atoms with van der Waals surface area (Å²) in [6, 6.07) is 11.1. The first kappa shape index (κ1) is 23.0. The highest BCUT2D eigenvalue weighted by Crippen LogP contribution is 2.34. The van der Waals surface area contributed by atoms with E-state index in [1.165, 1.54) is 18.3 Å². The number of ether oxygens (including phenoxy) is 1. The number of carbonyl (C=O) groups excluding carboxylic acids is 2. The molecule has 0 bridgehead atoms. The summed E-state index contributed by atoms with van der Waals surface area (Å²) < 4.78 is 12.0. The quantitative estimate of drug-likeness (QED) is 0.366. The molecule has 0 atom stereocenters. The number of nitrogen functional groups attached to an aromatic ring is 1. The first-order valence-electron chi connectivity index (χ1n) is 9.26. The maximum absolute atomic E-state index is 11.3. The van der Waals surface area contributed by atoms with Gasteiger partial charge in [-0.3, -0.25) is 9.59 Å². The van der Waals surface area contributed by atoms with Crippen LogP contribution >= 0.6 is 27.3 Å². The second kappa shape index (κ2) is 11.0. The average molecular weight is 481 g/mol. The van der Waals surface area contributed by atoms with Crippen molar-refractivity contribution in [1.82, 2.24) is 4.90 Å². The van der Waals surface area contributed by atoms with Gasteiger partial charge in [0.05, 0.1) is 16.2 Å². The fourth-order valence-electron chi connectivity index (χ4n) is 2.61. The molecule has 3 aromatic rings. The highest BCUT2D eigenvalue weighted by Gasteiger charge is 2.11. The fourth-order valence-corrected chi connectivity index (χ4v) is 3.83. The molecule has 0 saturated carbocycles. The van der Waals surface area contributed by atoms with Gasteiger partial charge in [0.1, 0.15) is 11.5 Å². The molecule has 2 aromatic heterocycles. The molecule has 6 nitrogen and oxygen atoms in total. The molecule has 0 aliphatic heterocycles. The smallest absolute Gasteiger partial charge is 0.308 e. The molecule has 0 aliphatic carbocycles. The molecule has 1 aromatic carbocycles. The highest BCUT2D eigenvalue weighted by molar-refractivity contribution is 9.10. The van der Waals surface area contributed by atoms with Crippen LogP contribution in [-0.4, -0.2) is 23.3 Å². The van der Waals surface area contributed by atoms with Crippen LogP contribution in [0.5, 0.6) is 5.75 Å². The summed E-state index contributed by atoms with van der Waals surface area (Å²) in [6.45, 7) is 6.44. The normalized spacial score (nSPS) is 10.3. The van der Waals surface area contributed by atoms with Crippen LogP contribution in [0.3, 0.4) is 0 Å². The number of hydrogen-bond donors (Lipinski definition) is 1. The molecule has 0 spiro atoms. The predicted molar refractivity (Wildman–Crippen MR) is 120 cm³/mol. The summed E-state index contributed by atoms with van der Waals surface area (Å²) in [5, 5.41) is 1.73. The number of unbranched alkanes of at least 4 members (excludes halogenated alkanes) is 1. The van der Waals surface area contributed by atoms with E-state index in [0.717, 1.165) is 40.2 Å². The SMILES string of the molecule is CC(=O)Oc1cccc2cc(N)sc12.CCCCN(Cc1ccc(Br)o1)C(C)=O. The number of fused-ring (bicyclic) bond motifs is 1. The summed E-state index contributed by atoms with van der Waals surface area (Å²) >= 11 is 4.66. The molecular weight excluding hydrogens is 456 g/mol. The maximum atomic E-state index is 11.3. The zero-order chi connectivity index (χ0) is 21.4. The van der Waals surface area contributed by atoms with Crippen molar-refractivity contribution in [2.75, 3.05) is 12.3 Å². The third kappa shape index (κ3) is 7.21. The molecule has 0 radical (unpaired) electrons. The van der Waals surface area contributed by atoms with Crippen LogP contribution in [0.2, 0.25) is 0 Å². The van der Waals surface area contributed by atoms with Crippen molar-refractivity contribution in [1.29, 1.82) is 0 Å². The summed E-state index contributed by atoms with van der Waals surface area (Å²) in [5.74, 6) is 1.17. The van der Waals surface area contributed by atoms with Gasteiger partial charge in [-0.2, -0.15) is 0 Å². The van der Waals surface area contributed by atoms with Gasteiger partial charge in [0.15, 0.2) is 4.67 Å². The second-order valence-corrected chi connectivity index (χ2v) is 8.28.